The molecule has 0 saturated heterocycles. The number of H-pyrrole nitrogens is 1. The minimum absolute atomic E-state index is 0.631. The van der Waals surface area contributed by atoms with E-state index < -0.39 is 0 Å². The minimum atomic E-state index is 0.631. The number of fused-ring (bicyclic) bond motifs is 1. The van der Waals surface area contributed by atoms with Crippen LogP contribution in [0.1, 0.15) is 18.4 Å². The molecule has 3 nitrogen and oxygen atoms in total. The lowest BCUT2D eigenvalue weighted by atomic mass is 10.00. The first-order valence-corrected chi connectivity index (χ1v) is 8.73. The smallest absolute Gasteiger partial charge is 0.119 e. The highest BCUT2D eigenvalue weighted by Crippen LogP contribution is 2.37. The van der Waals surface area contributed by atoms with Gasteiger partial charge in [-0.1, -0.05) is 35.3 Å². The van der Waals surface area contributed by atoms with Crippen molar-refractivity contribution in [1.29, 1.82) is 0 Å². The van der Waals surface area contributed by atoms with E-state index in [9.17, 15) is 0 Å². The number of unbranched alkanes of at least 4 members (excludes halogenated alkanes) is 1. The molecule has 126 valence electrons. The number of nitrogens with two attached hydrogens (primary N) is 1. The molecular formula is C19H20Cl2N2O. The first-order chi connectivity index (χ1) is 11.6. The molecule has 0 fully saturated rings. The highest BCUT2D eigenvalue weighted by molar-refractivity contribution is 6.38. The summed E-state index contributed by atoms with van der Waals surface area (Å²) in [5, 5.41) is 2.35. The van der Waals surface area contributed by atoms with Crippen molar-refractivity contribution in [2.45, 2.75) is 19.3 Å². The van der Waals surface area contributed by atoms with Gasteiger partial charge >= 0.3 is 0 Å². The summed E-state index contributed by atoms with van der Waals surface area (Å²) in [5.74, 6) is 0.822. The van der Waals surface area contributed by atoms with Gasteiger partial charge in [0, 0.05) is 21.7 Å². The topological polar surface area (TPSA) is 51.0 Å². The number of ether oxygens (including phenoxy) is 1. The second-order valence-corrected chi connectivity index (χ2v) is 6.61. The monoisotopic (exact) mass is 362 g/mol. The SMILES string of the molecule is COc1cccc(-c2[nH]c3c(Cl)cc(Cl)cc3c2CCCCN)c1. The molecule has 0 bridgehead atoms. The highest BCUT2D eigenvalue weighted by atomic mass is 35.5. The van der Waals surface area contributed by atoms with E-state index in [1.54, 1.807) is 13.2 Å². The second-order valence-electron chi connectivity index (χ2n) is 5.77. The van der Waals surface area contributed by atoms with Gasteiger partial charge in [-0.3, -0.25) is 0 Å². The van der Waals surface area contributed by atoms with Gasteiger partial charge in [-0.05, 0) is 55.6 Å². The van der Waals surface area contributed by atoms with Crippen LogP contribution < -0.4 is 10.5 Å². The highest BCUT2D eigenvalue weighted by Gasteiger charge is 2.16. The number of nitrogens with one attached hydrogen (secondary N) is 1. The predicted octanol–water partition coefficient (Wildman–Crippen LogP) is 5.43. The average molecular weight is 363 g/mol. The zero-order chi connectivity index (χ0) is 17.1. The number of hydrogen-bond acceptors (Lipinski definition) is 2. The summed E-state index contributed by atoms with van der Waals surface area (Å²) in [7, 11) is 1.67. The number of halogens is 2. The van der Waals surface area contributed by atoms with Gasteiger partial charge in [0.2, 0.25) is 0 Å². The van der Waals surface area contributed by atoms with Crippen molar-refractivity contribution in [2.24, 2.45) is 5.73 Å². The van der Waals surface area contributed by atoms with E-state index >= 15 is 0 Å². The van der Waals surface area contributed by atoms with Crippen molar-refractivity contribution in [2.75, 3.05) is 13.7 Å². The van der Waals surface area contributed by atoms with Gasteiger partial charge < -0.3 is 15.5 Å². The Morgan fingerprint density at radius 1 is 1.12 bits per heavy atom. The van der Waals surface area contributed by atoms with Crippen molar-refractivity contribution >= 4 is 34.1 Å². The molecule has 0 atom stereocenters. The van der Waals surface area contributed by atoms with Gasteiger partial charge in [-0.25, -0.2) is 0 Å². The Morgan fingerprint density at radius 2 is 1.96 bits per heavy atom. The molecule has 0 saturated carbocycles. The zero-order valence-corrected chi connectivity index (χ0v) is 15.0. The van der Waals surface area contributed by atoms with E-state index in [2.05, 4.69) is 11.1 Å². The molecule has 0 aliphatic heterocycles. The number of aromatic amines is 1. The Kier molecular flexibility index (Phi) is 5.34. The number of methoxy groups -OCH3 is 1. The summed E-state index contributed by atoms with van der Waals surface area (Å²) in [4.78, 5) is 3.48. The van der Waals surface area contributed by atoms with Crippen LogP contribution in [0.3, 0.4) is 0 Å². The van der Waals surface area contributed by atoms with Crippen LogP contribution in [0.2, 0.25) is 10.0 Å². The molecule has 0 unspecified atom stereocenters. The van der Waals surface area contributed by atoms with Crippen LogP contribution in [0.25, 0.3) is 22.2 Å². The lowest BCUT2D eigenvalue weighted by molar-refractivity contribution is 0.415. The molecule has 5 heteroatoms. The van der Waals surface area contributed by atoms with E-state index in [4.69, 9.17) is 33.7 Å². The molecule has 3 N–H and O–H groups in total. The van der Waals surface area contributed by atoms with Gasteiger partial charge in [-0.2, -0.15) is 0 Å². The molecule has 0 aliphatic rings. The van der Waals surface area contributed by atoms with E-state index in [0.29, 0.717) is 16.6 Å². The molecule has 0 radical (unpaired) electrons. The van der Waals surface area contributed by atoms with Gasteiger partial charge in [0.1, 0.15) is 5.75 Å². The quantitative estimate of drug-likeness (QED) is 0.574. The third kappa shape index (κ3) is 3.39. The number of rotatable bonds is 6. The predicted molar refractivity (Wildman–Crippen MR) is 102 cm³/mol. The lowest BCUT2D eigenvalue weighted by Crippen LogP contribution is -1.99. The van der Waals surface area contributed by atoms with Crippen LogP contribution in [-0.2, 0) is 6.42 Å². The van der Waals surface area contributed by atoms with E-state index in [-0.39, 0.29) is 0 Å². The molecule has 2 aromatic carbocycles. The Balaban J connectivity index is 2.17. The van der Waals surface area contributed by atoms with Crippen LogP contribution in [0.15, 0.2) is 36.4 Å². The largest absolute Gasteiger partial charge is 0.497 e. The molecule has 1 heterocycles. The third-order valence-corrected chi connectivity index (χ3v) is 4.69. The van der Waals surface area contributed by atoms with Crippen LogP contribution >= 0.6 is 23.2 Å². The fourth-order valence-corrected chi connectivity index (χ4v) is 3.55. The summed E-state index contributed by atoms with van der Waals surface area (Å²) >= 11 is 12.6. The fourth-order valence-electron chi connectivity index (χ4n) is 3.00. The maximum atomic E-state index is 6.39. The summed E-state index contributed by atoms with van der Waals surface area (Å²) in [6.45, 7) is 0.693. The molecule has 0 amide bonds. The zero-order valence-electron chi connectivity index (χ0n) is 13.5. The van der Waals surface area contributed by atoms with Crippen LogP contribution in [-0.4, -0.2) is 18.6 Å². The van der Waals surface area contributed by atoms with Crippen molar-refractivity contribution < 1.29 is 4.74 Å². The lowest BCUT2D eigenvalue weighted by Gasteiger charge is -2.07. The number of hydrogen-bond donors (Lipinski definition) is 2. The summed E-state index contributed by atoms with van der Waals surface area (Å²) < 4.78 is 5.35. The van der Waals surface area contributed by atoms with Crippen molar-refractivity contribution in [3.8, 4) is 17.0 Å². The van der Waals surface area contributed by atoms with Gasteiger partial charge in [0.05, 0.1) is 17.6 Å². The van der Waals surface area contributed by atoms with Gasteiger partial charge in [0.15, 0.2) is 0 Å². The van der Waals surface area contributed by atoms with Crippen LogP contribution in [0.4, 0.5) is 0 Å². The summed E-state index contributed by atoms with van der Waals surface area (Å²) in [6, 6.07) is 11.7. The van der Waals surface area contributed by atoms with Crippen molar-refractivity contribution in [1.82, 2.24) is 4.98 Å². The molecule has 24 heavy (non-hydrogen) atoms. The number of benzene rings is 2. The first-order valence-electron chi connectivity index (χ1n) is 7.98. The standard InChI is InChI=1S/C19H20Cl2N2O/c1-24-14-6-4-5-12(9-14)18-15(7-2-3-8-22)16-10-13(20)11-17(21)19(16)23-18/h4-6,9-11,23H,2-3,7-8,22H2,1H3. The van der Waals surface area contributed by atoms with Crippen LogP contribution in [0, 0.1) is 0 Å². The molecule has 0 aliphatic carbocycles. The van der Waals surface area contributed by atoms with Crippen molar-refractivity contribution in [3.05, 3.63) is 52.0 Å². The average Bonchev–Trinajstić information content (AvgIpc) is 2.94. The summed E-state index contributed by atoms with van der Waals surface area (Å²) in [6.07, 6.45) is 2.92. The molecular weight excluding hydrogens is 343 g/mol. The van der Waals surface area contributed by atoms with E-state index in [1.807, 2.05) is 24.3 Å². The Bertz CT molecular complexity index is 858. The van der Waals surface area contributed by atoms with Crippen molar-refractivity contribution in [3.63, 3.8) is 0 Å². The van der Waals surface area contributed by atoms with Crippen LogP contribution in [0.5, 0.6) is 5.75 Å². The minimum Gasteiger partial charge on any atom is -0.497 e. The van der Waals surface area contributed by atoms with E-state index in [0.717, 1.165) is 47.2 Å². The molecule has 1 aromatic heterocycles. The molecule has 0 spiro atoms. The Hall–Kier alpha value is -1.68. The number of aromatic nitrogens is 1. The number of aryl methyl sites for hydroxylation is 1. The fraction of sp³-hybridized carbons (Fsp3) is 0.263. The maximum Gasteiger partial charge on any atom is 0.119 e. The molecule has 3 rings (SSSR count). The second kappa shape index (κ2) is 7.47. The first kappa shape index (κ1) is 17.2. The summed E-state index contributed by atoms with van der Waals surface area (Å²) in [5.41, 5.74) is 9.92. The normalized spacial score (nSPS) is 11.2. The van der Waals surface area contributed by atoms with E-state index in [1.165, 1.54) is 5.56 Å². The third-order valence-electron chi connectivity index (χ3n) is 4.17. The Morgan fingerprint density at radius 3 is 2.71 bits per heavy atom. The van der Waals surface area contributed by atoms with Gasteiger partial charge in [0.25, 0.3) is 0 Å². The maximum absolute atomic E-state index is 6.39. The molecule has 3 aromatic rings. The Labute approximate surface area is 151 Å². The van der Waals surface area contributed by atoms with Gasteiger partial charge in [-0.15, -0.1) is 0 Å².